The van der Waals surface area contributed by atoms with E-state index in [1.54, 1.807) is 5.56 Å². The number of aromatic amines is 1. The number of aryl methyl sites for hydroxylation is 1. The summed E-state index contributed by atoms with van der Waals surface area (Å²) in [6, 6.07) is 9.28. The van der Waals surface area contributed by atoms with Crippen LogP contribution >= 0.6 is 23.5 Å². The Morgan fingerprint density at radius 3 is 3.10 bits per heavy atom. The summed E-state index contributed by atoms with van der Waals surface area (Å²) in [5, 5.41) is 6.07. The first-order valence-electron chi connectivity index (χ1n) is 7.94. The van der Waals surface area contributed by atoms with Crippen molar-refractivity contribution in [3.63, 3.8) is 0 Å². The maximum absolute atomic E-state index is 3.84. The molecule has 4 heteroatoms. The summed E-state index contributed by atoms with van der Waals surface area (Å²) < 4.78 is 0. The fraction of sp³-hybridized carbons (Fsp3) is 0.529. The second-order valence-corrected chi connectivity index (χ2v) is 8.54. The summed E-state index contributed by atoms with van der Waals surface area (Å²) in [4.78, 5) is 3.68. The first-order valence-corrected chi connectivity index (χ1v) is 10.1. The highest BCUT2D eigenvalue weighted by Crippen LogP contribution is 2.35. The third-order valence-corrected chi connectivity index (χ3v) is 7.44. The van der Waals surface area contributed by atoms with E-state index in [1.165, 1.54) is 53.1 Å². The number of fused-ring (bicyclic) bond motifs is 3. The van der Waals surface area contributed by atoms with Gasteiger partial charge in [-0.15, -0.1) is 0 Å². The maximum Gasteiger partial charge on any atom is 0.0476 e. The van der Waals surface area contributed by atoms with Crippen molar-refractivity contribution in [2.75, 3.05) is 23.8 Å². The number of para-hydroxylation sites is 1. The molecule has 112 valence electrons. The Balaban J connectivity index is 1.52. The van der Waals surface area contributed by atoms with Gasteiger partial charge >= 0.3 is 0 Å². The summed E-state index contributed by atoms with van der Waals surface area (Å²) in [5.74, 6) is 3.96. The van der Waals surface area contributed by atoms with Crippen molar-refractivity contribution in [1.29, 1.82) is 0 Å². The average Bonchev–Trinajstić information content (AvgIpc) is 2.93. The fourth-order valence-corrected chi connectivity index (χ4v) is 6.17. The second kappa shape index (κ2) is 6.27. The van der Waals surface area contributed by atoms with Crippen LogP contribution in [0.5, 0.6) is 0 Å². The summed E-state index contributed by atoms with van der Waals surface area (Å²) in [5.41, 5.74) is 4.31. The molecule has 2 atom stereocenters. The van der Waals surface area contributed by atoms with Crippen LogP contribution in [0.1, 0.15) is 30.1 Å². The topological polar surface area (TPSA) is 27.8 Å². The van der Waals surface area contributed by atoms with Gasteiger partial charge in [0.15, 0.2) is 0 Å². The van der Waals surface area contributed by atoms with Crippen molar-refractivity contribution in [3.8, 4) is 0 Å². The molecule has 0 radical (unpaired) electrons. The van der Waals surface area contributed by atoms with E-state index in [0.29, 0.717) is 6.04 Å². The van der Waals surface area contributed by atoms with Crippen molar-refractivity contribution in [3.05, 3.63) is 35.5 Å². The molecular formula is C17H22N2S2. The van der Waals surface area contributed by atoms with E-state index in [4.69, 9.17) is 0 Å². The molecule has 2 N–H and O–H groups in total. The number of hydrogen-bond donors (Lipinski definition) is 2. The van der Waals surface area contributed by atoms with Crippen LogP contribution in [-0.4, -0.2) is 34.0 Å². The Hall–Kier alpha value is -0.580. The SMILES string of the molecule is c1ccc2c3c([nH]c2c1)C(NCC1CSCCS1)CCC3. The molecule has 21 heavy (non-hydrogen) atoms. The Morgan fingerprint density at radius 1 is 1.24 bits per heavy atom. The van der Waals surface area contributed by atoms with Gasteiger partial charge in [0, 0.05) is 51.7 Å². The maximum atomic E-state index is 3.84. The smallest absolute Gasteiger partial charge is 0.0476 e. The number of hydrogen-bond acceptors (Lipinski definition) is 3. The molecule has 1 saturated heterocycles. The molecule has 2 aromatic rings. The zero-order valence-electron chi connectivity index (χ0n) is 12.2. The highest BCUT2D eigenvalue weighted by atomic mass is 32.2. The normalized spacial score (nSPS) is 25.9. The van der Waals surface area contributed by atoms with Crippen molar-refractivity contribution in [1.82, 2.24) is 10.3 Å². The van der Waals surface area contributed by atoms with Crippen molar-refractivity contribution < 1.29 is 0 Å². The van der Waals surface area contributed by atoms with Gasteiger partial charge in [-0.3, -0.25) is 0 Å². The van der Waals surface area contributed by atoms with Gasteiger partial charge in [-0.2, -0.15) is 23.5 Å². The van der Waals surface area contributed by atoms with Crippen LogP contribution in [0, 0.1) is 0 Å². The number of nitrogens with one attached hydrogen (secondary N) is 2. The molecule has 1 aliphatic heterocycles. The van der Waals surface area contributed by atoms with Gasteiger partial charge in [0.25, 0.3) is 0 Å². The van der Waals surface area contributed by atoms with Crippen LogP contribution in [0.25, 0.3) is 10.9 Å². The van der Waals surface area contributed by atoms with E-state index in [1.807, 2.05) is 0 Å². The molecule has 1 aliphatic carbocycles. The molecule has 1 aromatic heterocycles. The summed E-state index contributed by atoms with van der Waals surface area (Å²) in [6.07, 6.45) is 3.80. The van der Waals surface area contributed by atoms with E-state index < -0.39 is 0 Å². The van der Waals surface area contributed by atoms with E-state index in [0.717, 1.165) is 11.8 Å². The minimum Gasteiger partial charge on any atom is -0.357 e. The molecule has 0 bridgehead atoms. The molecule has 1 fully saturated rings. The van der Waals surface area contributed by atoms with E-state index >= 15 is 0 Å². The van der Waals surface area contributed by atoms with Crippen molar-refractivity contribution in [2.24, 2.45) is 0 Å². The first kappa shape index (κ1) is 14.0. The number of benzene rings is 1. The first-order chi connectivity index (χ1) is 10.4. The van der Waals surface area contributed by atoms with Gasteiger partial charge in [-0.1, -0.05) is 18.2 Å². The summed E-state index contributed by atoms with van der Waals surface area (Å²) >= 11 is 4.25. The Labute approximate surface area is 134 Å². The molecule has 1 aromatic carbocycles. The standard InChI is InChI=1S/C17H22N2S2/c1-2-6-15-13(4-1)14-5-3-7-16(17(14)19-15)18-10-12-11-20-8-9-21-12/h1-2,4,6,12,16,18-19H,3,5,7-11H2. The van der Waals surface area contributed by atoms with E-state index in [-0.39, 0.29) is 0 Å². The Morgan fingerprint density at radius 2 is 2.19 bits per heavy atom. The van der Waals surface area contributed by atoms with Crippen LogP contribution in [0.4, 0.5) is 0 Å². The lowest BCUT2D eigenvalue weighted by Gasteiger charge is -2.27. The predicted octanol–water partition coefficient (Wildman–Crippen LogP) is 3.98. The number of aromatic nitrogens is 1. The van der Waals surface area contributed by atoms with Gasteiger partial charge in [0.05, 0.1) is 0 Å². The lowest BCUT2D eigenvalue weighted by Crippen LogP contribution is -2.33. The molecule has 2 heterocycles. The van der Waals surface area contributed by atoms with Gasteiger partial charge < -0.3 is 10.3 Å². The lowest BCUT2D eigenvalue weighted by atomic mass is 9.91. The van der Waals surface area contributed by atoms with E-state index in [2.05, 4.69) is 58.1 Å². The van der Waals surface area contributed by atoms with Crippen molar-refractivity contribution in [2.45, 2.75) is 30.6 Å². The van der Waals surface area contributed by atoms with Crippen LogP contribution in [0.3, 0.4) is 0 Å². The van der Waals surface area contributed by atoms with Gasteiger partial charge in [0.1, 0.15) is 0 Å². The average molecular weight is 319 g/mol. The molecule has 4 rings (SSSR count). The summed E-state index contributed by atoms with van der Waals surface area (Å²) in [7, 11) is 0. The lowest BCUT2D eigenvalue weighted by molar-refractivity contribution is 0.456. The third kappa shape index (κ3) is 2.86. The minimum atomic E-state index is 0.522. The van der Waals surface area contributed by atoms with Gasteiger partial charge in [-0.05, 0) is 30.9 Å². The van der Waals surface area contributed by atoms with Crippen LogP contribution < -0.4 is 5.32 Å². The number of H-pyrrole nitrogens is 1. The molecule has 0 amide bonds. The minimum absolute atomic E-state index is 0.522. The highest BCUT2D eigenvalue weighted by Gasteiger charge is 2.25. The van der Waals surface area contributed by atoms with Crippen LogP contribution in [0.2, 0.25) is 0 Å². The molecular weight excluding hydrogens is 296 g/mol. The molecule has 0 saturated carbocycles. The third-order valence-electron chi connectivity index (χ3n) is 4.59. The fourth-order valence-electron chi connectivity index (χ4n) is 3.55. The summed E-state index contributed by atoms with van der Waals surface area (Å²) in [6.45, 7) is 1.15. The quantitative estimate of drug-likeness (QED) is 0.896. The Bertz CT molecular complexity index is 616. The van der Waals surface area contributed by atoms with Gasteiger partial charge in [-0.25, -0.2) is 0 Å². The molecule has 2 aliphatic rings. The van der Waals surface area contributed by atoms with Crippen molar-refractivity contribution >= 4 is 34.4 Å². The Kier molecular flexibility index (Phi) is 4.19. The highest BCUT2D eigenvalue weighted by molar-refractivity contribution is 8.06. The monoisotopic (exact) mass is 318 g/mol. The zero-order chi connectivity index (χ0) is 14.1. The predicted molar refractivity (Wildman–Crippen MR) is 95.6 cm³/mol. The van der Waals surface area contributed by atoms with Crippen LogP contribution in [-0.2, 0) is 6.42 Å². The number of thioether (sulfide) groups is 2. The molecule has 2 unspecified atom stereocenters. The van der Waals surface area contributed by atoms with Crippen LogP contribution in [0.15, 0.2) is 24.3 Å². The molecule has 0 spiro atoms. The van der Waals surface area contributed by atoms with E-state index in [9.17, 15) is 0 Å². The zero-order valence-corrected chi connectivity index (χ0v) is 13.9. The molecule has 2 nitrogen and oxygen atoms in total. The largest absolute Gasteiger partial charge is 0.357 e. The second-order valence-electron chi connectivity index (χ2n) is 5.98. The van der Waals surface area contributed by atoms with Gasteiger partial charge in [0.2, 0.25) is 0 Å². The number of rotatable bonds is 3.